The number of rotatable bonds is 8. The Morgan fingerprint density at radius 2 is 1.61 bits per heavy atom. The van der Waals surface area contributed by atoms with Gasteiger partial charge in [-0.1, -0.05) is 51.0 Å². The van der Waals surface area contributed by atoms with Crippen LogP contribution in [0.1, 0.15) is 93.5 Å². The van der Waals surface area contributed by atoms with Crippen molar-refractivity contribution in [3.8, 4) is 0 Å². The number of Topliss-reactive ketones (excluding diaryl/α,β-unsaturated/α-hetero) is 2. The molecule has 2 heteroatoms. The van der Waals surface area contributed by atoms with Crippen molar-refractivity contribution in [3.63, 3.8) is 0 Å². The summed E-state index contributed by atoms with van der Waals surface area (Å²) in [7, 11) is 0. The summed E-state index contributed by atoms with van der Waals surface area (Å²) in [5.74, 6) is 1.54. The second-order valence-corrected chi connectivity index (χ2v) is 6.87. The van der Waals surface area contributed by atoms with E-state index in [0.717, 1.165) is 44.1 Å². The van der Waals surface area contributed by atoms with E-state index in [1.807, 2.05) is 19.1 Å². The third-order valence-electron chi connectivity index (χ3n) is 5.23. The average Bonchev–Trinajstić information content (AvgIpc) is 2.61. The topological polar surface area (TPSA) is 34.1 Å². The minimum absolute atomic E-state index is 0.206. The summed E-state index contributed by atoms with van der Waals surface area (Å²) < 4.78 is 0. The summed E-state index contributed by atoms with van der Waals surface area (Å²) in [6, 6.07) is 8.14. The van der Waals surface area contributed by atoms with Gasteiger partial charge in [-0.15, -0.1) is 0 Å². The molecule has 1 saturated carbocycles. The van der Waals surface area contributed by atoms with Crippen molar-refractivity contribution in [2.24, 2.45) is 5.92 Å². The Balaban J connectivity index is 1.84. The molecule has 2 rings (SSSR count). The Morgan fingerprint density at radius 1 is 0.957 bits per heavy atom. The summed E-state index contributed by atoms with van der Waals surface area (Å²) in [5, 5.41) is 0. The highest BCUT2D eigenvalue weighted by atomic mass is 16.1. The zero-order chi connectivity index (χ0) is 16.7. The first-order valence-electron chi connectivity index (χ1n) is 9.31. The van der Waals surface area contributed by atoms with Crippen LogP contribution >= 0.6 is 0 Å². The molecule has 1 aliphatic carbocycles. The Morgan fingerprint density at radius 3 is 2.17 bits per heavy atom. The molecule has 0 bridgehead atoms. The van der Waals surface area contributed by atoms with Crippen LogP contribution in [0.25, 0.3) is 0 Å². The fourth-order valence-electron chi connectivity index (χ4n) is 3.65. The molecule has 0 saturated heterocycles. The maximum atomic E-state index is 12.2. The van der Waals surface area contributed by atoms with E-state index >= 15 is 0 Å². The van der Waals surface area contributed by atoms with Crippen LogP contribution < -0.4 is 0 Å². The third-order valence-corrected chi connectivity index (χ3v) is 5.23. The summed E-state index contributed by atoms with van der Waals surface area (Å²) in [5.41, 5.74) is 2.14. The van der Waals surface area contributed by atoms with Gasteiger partial charge in [0, 0.05) is 24.3 Å². The zero-order valence-electron chi connectivity index (χ0n) is 14.6. The lowest BCUT2D eigenvalue weighted by atomic mass is 9.76. The average molecular weight is 314 g/mol. The van der Waals surface area contributed by atoms with Crippen molar-refractivity contribution in [1.29, 1.82) is 0 Å². The molecule has 1 fully saturated rings. The molecule has 0 unspecified atom stereocenters. The number of hydrogen-bond acceptors (Lipinski definition) is 2. The van der Waals surface area contributed by atoms with E-state index in [9.17, 15) is 9.59 Å². The molecule has 126 valence electrons. The lowest BCUT2D eigenvalue weighted by molar-refractivity contribution is -0.124. The molecule has 1 aliphatic rings. The second-order valence-electron chi connectivity index (χ2n) is 6.87. The zero-order valence-corrected chi connectivity index (χ0v) is 14.6. The largest absolute Gasteiger partial charge is 0.299 e. The molecule has 0 heterocycles. The highest BCUT2D eigenvalue weighted by Gasteiger charge is 2.26. The summed E-state index contributed by atoms with van der Waals surface area (Å²) in [6.07, 6.45) is 9.01. The van der Waals surface area contributed by atoms with Gasteiger partial charge in [0.25, 0.3) is 0 Å². The van der Waals surface area contributed by atoms with Gasteiger partial charge in [-0.05, 0) is 43.6 Å². The van der Waals surface area contributed by atoms with Crippen molar-refractivity contribution in [3.05, 3.63) is 35.4 Å². The number of unbranched alkanes of at least 4 members (excludes halogenated alkanes) is 2. The van der Waals surface area contributed by atoms with Gasteiger partial charge in [0.05, 0.1) is 0 Å². The fourth-order valence-corrected chi connectivity index (χ4v) is 3.65. The van der Waals surface area contributed by atoms with Gasteiger partial charge in [-0.2, -0.15) is 0 Å². The van der Waals surface area contributed by atoms with Gasteiger partial charge in [0.15, 0.2) is 5.78 Å². The Bertz CT molecular complexity index is 507. The van der Waals surface area contributed by atoms with Gasteiger partial charge in [0.2, 0.25) is 0 Å². The molecular formula is C21H30O2. The minimum Gasteiger partial charge on any atom is -0.299 e. The number of hydrogen-bond donors (Lipinski definition) is 0. The summed E-state index contributed by atoms with van der Waals surface area (Å²) in [4.78, 5) is 23.9. The lowest BCUT2D eigenvalue weighted by Gasteiger charge is -2.28. The summed E-state index contributed by atoms with van der Waals surface area (Å²) in [6.45, 7) is 4.07. The third kappa shape index (κ3) is 5.02. The molecule has 0 N–H and O–H groups in total. The van der Waals surface area contributed by atoms with E-state index < -0.39 is 0 Å². The van der Waals surface area contributed by atoms with Crippen LogP contribution in [0.5, 0.6) is 0 Å². The predicted octanol–water partition coefficient (Wildman–Crippen LogP) is 5.70. The van der Waals surface area contributed by atoms with Gasteiger partial charge in [-0.3, -0.25) is 9.59 Å². The highest BCUT2D eigenvalue weighted by molar-refractivity contribution is 5.95. The Kier molecular flexibility index (Phi) is 7.01. The van der Waals surface area contributed by atoms with Crippen molar-refractivity contribution < 1.29 is 9.59 Å². The monoisotopic (exact) mass is 314 g/mol. The van der Waals surface area contributed by atoms with E-state index in [4.69, 9.17) is 0 Å². The fraction of sp³-hybridized carbons (Fsp3) is 0.619. The molecule has 0 radical (unpaired) electrons. The predicted molar refractivity (Wildman–Crippen MR) is 94.9 cm³/mol. The molecule has 0 spiro atoms. The maximum absolute atomic E-state index is 12.2. The lowest BCUT2D eigenvalue weighted by Crippen LogP contribution is -2.21. The standard InChI is InChI=1S/C21H30O2/c1-3-5-6-7-21(23)19-14-10-17(11-15-19)16-8-12-18(13-9-16)20(22)4-2/h8-9,12-13,17,19H,3-7,10-11,14-15H2,1-2H3. The van der Waals surface area contributed by atoms with Crippen LogP contribution in [0.2, 0.25) is 0 Å². The number of carbonyl (C=O) groups excluding carboxylic acids is 2. The maximum Gasteiger partial charge on any atom is 0.162 e. The van der Waals surface area contributed by atoms with Crippen LogP contribution in [0, 0.1) is 5.92 Å². The van der Waals surface area contributed by atoms with E-state index in [2.05, 4.69) is 19.1 Å². The first-order valence-corrected chi connectivity index (χ1v) is 9.31. The summed E-state index contributed by atoms with van der Waals surface area (Å²) >= 11 is 0. The highest BCUT2D eigenvalue weighted by Crippen LogP contribution is 2.36. The van der Waals surface area contributed by atoms with E-state index in [0.29, 0.717) is 24.0 Å². The SMILES string of the molecule is CCCCCC(=O)C1CCC(c2ccc(C(=O)CC)cc2)CC1. The molecule has 0 aliphatic heterocycles. The van der Waals surface area contributed by atoms with Crippen molar-refractivity contribution in [2.45, 2.75) is 77.6 Å². The van der Waals surface area contributed by atoms with Crippen molar-refractivity contribution >= 4 is 11.6 Å². The molecule has 1 aromatic carbocycles. The molecule has 0 amide bonds. The van der Waals surface area contributed by atoms with Crippen LogP contribution in [0.3, 0.4) is 0 Å². The molecular weight excluding hydrogens is 284 g/mol. The molecule has 0 atom stereocenters. The normalized spacial score (nSPS) is 21.1. The first-order chi connectivity index (χ1) is 11.2. The molecule has 2 nitrogen and oxygen atoms in total. The Labute approximate surface area is 140 Å². The van der Waals surface area contributed by atoms with Crippen LogP contribution in [0.15, 0.2) is 24.3 Å². The van der Waals surface area contributed by atoms with Gasteiger partial charge in [0.1, 0.15) is 5.78 Å². The van der Waals surface area contributed by atoms with Crippen molar-refractivity contribution in [1.82, 2.24) is 0 Å². The number of benzene rings is 1. The Hall–Kier alpha value is -1.44. The van der Waals surface area contributed by atoms with E-state index in [1.165, 1.54) is 18.4 Å². The van der Waals surface area contributed by atoms with Crippen LogP contribution in [-0.2, 0) is 4.79 Å². The van der Waals surface area contributed by atoms with Gasteiger partial charge in [-0.25, -0.2) is 0 Å². The first kappa shape index (κ1) is 17.9. The minimum atomic E-state index is 0.206. The quantitative estimate of drug-likeness (QED) is 0.455. The van der Waals surface area contributed by atoms with E-state index in [-0.39, 0.29) is 5.78 Å². The number of carbonyl (C=O) groups is 2. The molecule has 1 aromatic rings. The smallest absolute Gasteiger partial charge is 0.162 e. The van der Waals surface area contributed by atoms with Gasteiger partial charge < -0.3 is 0 Å². The van der Waals surface area contributed by atoms with Gasteiger partial charge >= 0.3 is 0 Å². The second kappa shape index (κ2) is 9.00. The van der Waals surface area contributed by atoms with Crippen molar-refractivity contribution in [2.75, 3.05) is 0 Å². The van der Waals surface area contributed by atoms with E-state index in [1.54, 1.807) is 0 Å². The van der Waals surface area contributed by atoms with Crippen LogP contribution in [0.4, 0.5) is 0 Å². The number of ketones is 2. The molecule has 0 aromatic heterocycles. The molecule has 23 heavy (non-hydrogen) atoms. The van der Waals surface area contributed by atoms with Crippen LogP contribution in [-0.4, -0.2) is 11.6 Å².